The minimum absolute atomic E-state index is 0.345. The number of esters is 1. The van der Waals surface area contributed by atoms with Crippen molar-refractivity contribution in [1.29, 1.82) is 0 Å². The normalized spacial score (nSPS) is 10.5. The van der Waals surface area contributed by atoms with Gasteiger partial charge in [0.25, 0.3) is 0 Å². The standard InChI is InChI=1S/C8H9NO2S/c1-6-7(12-5-9-6)3-4-8(10)11-2/h3-5H,1-2H3/b4-3+. The van der Waals surface area contributed by atoms with Crippen molar-refractivity contribution >= 4 is 23.4 Å². The number of rotatable bonds is 2. The van der Waals surface area contributed by atoms with E-state index in [2.05, 4.69) is 9.72 Å². The Morgan fingerprint density at radius 2 is 2.50 bits per heavy atom. The Morgan fingerprint density at radius 1 is 1.75 bits per heavy atom. The second kappa shape index (κ2) is 4.01. The van der Waals surface area contributed by atoms with Crippen molar-refractivity contribution in [3.05, 3.63) is 22.2 Å². The third kappa shape index (κ3) is 2.17. The zero-order chi connectivity index (χ0) is 8.97. The summed E-state index contributed by atoms with van der Waals surface area (Å²) in [5, 5.41) is 0. The molecule has 4 heteroatoms. The maximum absolute atomic E-state index is 10.7. The van der Waals surface area contributed by atoms with Crippen LogP contribution in [-0.2, 0) is 9.53 Å². The smallest absolute Gasteiger partial charge is 0.330 e. The van der Waals surface area contributed by atoms with E-state index in [-0.39, 0.29) is 5.97 Å². The van der Waals surface area contributed by atoms with Crippen molar-refractivity contribution in [1.82, 2.24) is 4.98 Å². The summed E-state index contributed by atoms with van der Waals surface area (Å²) in [6.45, 7) is 1.90. The Balaban J connectivity index is 2.69. The first-order valence-corrected chi connectivity index (χ1v) is 4.28. The molecule has 1 aromatic heterocycles. The number of carbonyl (C=O) groups is 1. The Kier molecular flexibility index (Phi) is 2.99. The SMILES string of the molecule is COC(=O)/C=C/c1scnc1C. The lowest BCUT2D eigenvalue weighted by Gasteiger charge is -1.89. The van der Waals surface area contributed by atoms with E-state index in [1.54, 1.807) is 11.6 Å². The third-order valence-electron chi connectivity index (χ3n) is 1.35. The van der Waals surface area contributed by atoms with E-state index >= 15 is 0 Å². The molecule has 0 amide bonds. The van der Waals surface area contributed by atoms with E-state index in [9.17, 15) is 4.79 Å². The lowest BCUT2D eigenvalue weighted by Crippen LogP contribution is -1.93. The van der Waals surface area contributed by atoms with Crippen molar-refractivity contribution in [2.24, 2.45) is 0 Å². The van der Waals surface area contributed by atoms with E-state index in [0.29, 0.717) is 0 Å². The van der Waals surface area contributed by atoms with Gasteiger partial charge in [-0.3, -0.25) is 0 Å². The first kappa shape index (κ1) is 8.93. The lowest BCUT2D eigenvalue weighted by atomic mass is 10.3. The summed E-state index contributed by atoms with van der Waals surface area (Å²) in [6.07, 6.45) is 3.10. The quantitative estimate of drug-likeness (QED) is 0.517. The number of aryl methyl sites for hydroxylation is 1. The van der Waals surface area contributed by atoms with E-state index in [4.69, 9.17) is 0 Å². The Hall–Kier alpha value is -1.16. The average molecular weight is 183 g/mol. The number of hydrogen-bond acceptors (Lipinski definition) is 4. The molecule has 0 N–H and O–H groups in total. The summed E-state index contributed by atoms with van der Waals surface area (Å²) >= 11 is 1.50. The highest BCUT2D eigenvalue weighted by atomic mass is 32.1. The van der Waals surface area contributed by atoms with Gasteiger partial charge >= 0.3 is 5.97 Å². The van der Waals surface area contributed by atoms with Gasteiger partial charge in [0.15, 0.2) is 0 Å². The molecule has 0 bridgehead atoms. The molecule has 0 saturated carbocycles. The topological polar surface area (TPSA) is 39.2 Å². The van der Waals surface area contributed by atoms with Gasteiger partial charge in [-0.25, -0.2) is 9.78 Å². The Labute approximate surface area is 74.7 Å². The fourth-order valence-electron chi connectivity index (χ4n) is 0.683. The largest absolute Gasteiger partial charge is 0.466 e. The van der Waals surface area contributed by atoms with Gasteiger partial charge in [0.2, 0.25) is 0 Å². The molecule has 1 heterocycles. The van der Waals surface area contributed by atoms with Crippen LogP contribution in [0.4, 0.5) is 0 Å². The molecular weight excluding hydrogens is 174 g/mol. The van der Waals surface area contributed by atoms with E-state index in [1.807, 2.05) is 6.92 Å². The van der Waals surface area contributed by atoms with Crippen molar-refractivity contribution in [2.45, 2.75) is 6.92 Å². The number of methoxy groups -OCH3 is 1. The van der Waals surface area contributed by atoms with Crippen molar-refractivity contribution in [2.75, 3.05) is 7.11 Å². The summed E-state index contributed by atoms with van der Waals surface area (Å²) in [6, 6.07) is 0. The second-order valence-electron chi connectivity index (χ2n) is 2.16. The van der Waals surface area contributed by atoms with Crippen LogP contribution in [0.1, 0.15) is 10.6 Å². The van der Waals surface area contributed by atoms with Crippen LogP contribution < -0.4 is 0 Å². The molecule has 0 unspecified atom stereocenters. The highest BCUT2D eigenvalue weighted by Gasteiger charge is 1.97. The number of nitrogens with zero attached hydrogens (tertiary/aromatic N) is 1. The average Bonchev–Trinajstić information content (AvgIpc) is 2.47. The molecule has 1 rings (SSSR count). The van der Waals surface area contributed by atoms with Gasteiger partial charge in [0.1, 0.15) is 0 Å². The van der Waals surface area contributed by atoms with Crippen LogP contribution in [0.3, 0.4) is 0 Å². The number of hydrogen-bond donors (Lipinski definition) is 0. The number of ether oxygens (including phenoxy) is 1. The monoisotopic (exact) mass is 183 g/mol. The maximum atomic E-state index is 10.7. The molecule has 3 nitrogen and oxygen atoms in total. The number of carbonyl (C=O) groups excluding carboxylic acids is 1. The van der Waals surface area contributed by atoms with Crippen LogP contribution in [0.15, 0.2) is 11.6 Å². The zero-order valence-electron chi connectivity index (χ0n) is 6.90. The van der Waals surface area contributed by atoms with Crippen molar-refractivity contribution < 1.29 is 9.53 Å². The third-order valence-corrected chi connectivity index (χ3v) is 2.25. The van der Waals surface area contributed by atoms with Crippen LogP contribution in [-0.4, -0.2) is 18.1 Å². The van der Waals surface area contributed by atoms with E-state index in [0.717, 1.165) is 10.6 Å². The number of aromatic nitrogens is 1. The van der Waals surface area contributed by atoms with Crippen molar-refractivity contribution in [3.63, 3.8) is 0 Å². The molecule has 0 saturated heterocycles. The van der Waals surface area contributed by atoms with Crippen LogP contribution >= 0.6 is 11.3 Å². The molecule has 0 spiro atoms. The minimum Gasteiger partial charge on any atom is -0.466 e. The molecule has 0 aromatic carbocycles. The van der Waals surface area contributed by atoms with E-state index < -0.39 is 0 Å². The van der Waals surface area contributed by atoms with Gasteiger partial charge in [0, 0.05) is 6.08 Å². The molecule has 0 aliphatic heterocycles. The van der Waals surface area contributed by atoms with Crippen molar-refractivity contribution in [3.8, 4) is 0 Å². The van der Waals surface area contributed by atoms with Gasteiger partial charge < -0.3 is 4.74 Å². The maximum Gasteiger partial charge on any atom is 0.330 e. The Bertz CT molecular complexity index is 304. The molecule has 0 fully saturated rings. The van der Waals surface area contributed by atoms with Gasteiger partial charge in [-0.05, 0) is 13.0 Å². The zero-order valence-corrected chi connectivity index (χ0v) is 7.72. The minimum atomic E-state index is -0.345. The predicted molar refractivity (Wildman–Crippen MR) is 47.9 cm³/mol. The molecule has 12 heavy (non-hydrogen) atoms. The summed E-state index contributed by atoms with van der Waals surface area (Å²) < 4.78 is 4.45. The number of thiazole rings is 1. The van der Waals surface area contributed by atoms with Gasteiger partial charge in [-0.15, -0.1) is 11.3 Å². The summed E-state index contributed by atoms with van der Waals surface area (Å²) in [5.41, 5.74) is 2.67. The molecule has 1 aromatic rings. The second-order valence-corrected chi connectivity index (χ2v) is 3.04. The van der Waals surface area contributed by atoms with Crippen LogP contribution in [0.2, 0.25) is 0 Å². The van der Waals surface area contributed by atoms with Gasteiger partial charge in [0.05, 0.1) is 23.2 Å². The molecule has 0 radical (unpaired) electrons. The molecular formula is C8H9NO2S. The summed E-state index contributed by atoms with van der Waals surface area (Å²) in [4.78, 5) is 15.7. The summed E-state index contributed by atoms with van der Waals surface area (Å²) in [7, 11) is 1.35. The van der Waals surface area contributed by atoms with E-state index in [1.165, 1.54) is 24.5 Å². The first-order valence-electron chi connectivity index (χ1n) is 3.40. The van der Waals surface area contributed by atoms with Crippen LogP contribution in [0, 0.1) is 6.92 Å². The Morgan fingerprint density at radius 3 is 3.00 bits per heavy atom. The van der Waals surface area contributed by atoms with Gasteiger partial charge in [-0.2, -0.15) is 0 Å². The predicted octanol–water partition coefficient (Wildman–Crippen LogP) is 1.64. The molecule has 0 aliphatic carbocycles. The van der Waals surface area contributed by atoms with Crippen LogP contribution in [0.25, 0.3) is 6.08 Å². The summed E-state index contributed by atoms with van der Waals surface area (Å²) in [5.74, 6) is -0.345. The fraction of sp³-hybridized carbons (Fsp3) is 0.250. The molecule has 0 atom stereocenters. The lowest BCUT2D eigenvalue weighted by molar-refractivity contribution is -0.134. The first-order chi connectivity index (χ1) is 5.74. The molecule has 64 valence electrons. The molecule has 0 aliphatic rings. The van der Waals surface area contributed by atoms with Crippen LogP contribution in [0.5, 0.6) is 0 Å². The van der Waals surface area contributed by atoms with Gasteiger partial charge in [-0.1, -0.05) is 0 Å². The fourth-order valence-corrected chi connectivity index (χ4v) is 1.38. The highest BCUT2D eigenvalue weighted by molar-refractivity contribution is 7.10. The highest BCUT2D eigenvalue weighted by Crippen LogP contribution is 2.13.